The van der Waals surface area contributed by atoms with Crippen LogP contribution in [-0.4, -0.2) is 20.2 Å². The zero-order valence-electron chi connectivity index (χ0n) is 9.20. The molecule has 0 spiro atoms. The summed E-state index contributed by atoms with van der Waals surface area (Å²) in [5.74, 6) is -1.70. The maximum atomic E-state index is 13.4. The minimum Gasteiger partial charge on any atom is -0.500 e. The molecule has 0 saturated carbocycles. The van der Waals surface area contributed by atoms with Crippen molar-refractivity contribution in [2.45, 2.75) is 0 Å². The minimum atomic E-state index is -0.758. The molecule has 0 heterocycles. The van der Waals surface area contributed by atoms with E-state index >= 15 is 0 Å². The Morgan fingerprint density at radius 3 is 2.71 bits per heavy atom. The summed E-state index contributed by atoms with van der Waals surface area (Å²) in [5.41, 5.74) is 0. The summed E-state index contributed by atoms with van der Waals surface area (Å²) in [4.78, 5) is 11.3. The van der Waals surface area contributed by atoms with Crippen LogP contribution in [0.2, 0.25) is 0 Å². The monoisotopic (exact) mass is 304 g/mol. The van der Waals surface area contributed by atoms with Crippen LogP contribution in [0, 0.1) is 5.82 Å². The molecule has 0 unspecified atom stereocenters. The standard InChI is InChI=1S/C11H10BrFO4/c1-15-6-10(11(14)16-2)17-9-5-7(12)3-4-8(9)13/h3-6H,1-2H3. The summed E-state index contributed by atoms with van der Waals surface area (Å²) < 4.78 is 28.2. The number of hydrogen-bond acceptors (Lipinski definition) is 4. The molecule has 4 nitrogen and oxygen atoms in total. The second kappa shape index (κ2) is 6.24. The lowest BCUT2D eigenvalue weighted by molar-refractivity contribution is -0.138. The molecular weight excluding hydrogens is 295 g/mol. The molecule has 0 radical (unpaired) electrons. The van der Waals surface area contributed by atoms with E-state index < -0.39 is 11.8 Å². The normalized spacial score (nSPS) is 10.9. The lowest BCUT2D eigenvalue weighted by Gasteiger charge is -2.08. The van der Waals surface area contributed by atoms with E-state index in [1.54, 1.807) is 0 Å². The number of carbonyl (C=O) groups excluding carboxylic acids is 1. The molecule has 0 aliphatic heterocycles. The molecule has 0 atom stereocenters. The summed E-state index contributed by atoms with van der Waals surface area (Å²) in [6, 6.07) is 4.11. The van der Waals surface area contributed by atoms with Gasteiger partial charge in [-0.3, -0.25) is 0 Å². The van der Waals surface area contributed by atoms with E-state index in [9.17, 15) is 9.18 Å². The molecule has 0 aliphatic rings. The number of halogens is 2. The van der Waals surface area contributed by atoms with Gasteiger partial charge >= 0.3 is 5.97 Å². The van der Waals surface area contributed by atoms with E-state index in [0.29, 0.717) is 4.47 Å². The Bertz CT molecular complexity index is 445. The van der Waals surface area contributed by atoms with Crippen molar-refractivity contribution in [1.29, 1.82) is 0 Å². The number of rotatable bonds is 4. The maximum Gasteiger partial charge on any atom is 0.377 e. The van der Waals surface area contributed by atoms with Crippen molar-refractivity contribution in [1.82, 2.24) is 0 Å². The average molecular weight is 305 g/mol. The van der Waals surface area contributed by atoms with Gasteiger partial charge in [0.1, 0.15) is 6.26 Å². The summed E-state index contributed by atoms with van der Waals surface area (Å²) in [6.07, 6.45) is 1.03. The quantitative estimate of drug-likeness (QED) is 0.487. The average Bonchev–Trinajstić information content (AvgIpc) is 2.32. The minimum absolute atomic E-state index is 0.104. The third-order valence-electron chi connectivity index (χ3n) is 1.72. The van der Waals surface area contributed by atoms with Crippen LogP contribution in [0.3, 0.4) is 0 Å². The fraction of sp³-hybridized carbons (Fsp3) is 0.182. The Morgan fingerprint density at radius 1 is 1.41 bits per heavy atom. The highest BCUT2D eigenvalue weighted by Crippen LogP contribution is 2.24. The third kappa shape index (κ3) is 3.74. The van der Waals surface area contributed by atoms with Gasteiger partial charge in [-0.1, -0.05) is 15.9 Å². The molecule has 0 bridgehead atoms. The van der Waals surface area contributed by atoms with Crippen LogP contribution in [0.4, 0.5) is 4.39 Å². The third-order valence-corrected chi connectivity index (χ3v) is 2.22. The second-order valence-corrected chi connectivity index (χ2v) is 3.80. The molecule has 1 aromatic carbocycles. The van der Waals surface area contributed by atoms with Crippen molar-refractivity contribution >= 4 is 21.9 Å². The van der Waals surface area contributed by atoms with E-state index in [2.05, 4.69) is 25.4 Å². The SMILES string of the molecule is COC=C(Oc1cc(Br)ccc1F)C(=O)OC. The summed E-state index contributed by atoms with van der Waals surface area (Å²) in [5, 5.41) is 0. The predicted octanol–water partition coefficient (Wildman–Crippen LogP) is 2.63. The van der Waals surface area contributed by atoms with Crippen LogP contribution in [0.25, 0.3) is 0 Å². The van der Waals surface area contributed by atoms with Gasteiger partial charge in [0.2, 0.25) is 5.76 Å². The zero-order chi connectivity index (χ0) is 12.8. The van der Waals surface area contributed by atoms with Crippen LogP contribution in [0.1, 0.15) is 0 Å². The van der Waals surface area contributed by atoms with Crippen LogP contribution in [0.15, 0.2) is 34.7 Å². The van der Waals surface area contributed by atoms with Crippen molar-refractivity contribution in [3.8, 4) is 5.75 Å². The van der Waals surface area contributed by atoms with Gasteiger partial charge in [0.05, 0.1) is 14.2 Å². The molecule has 0 saturated heterocycles. The Labute approximate surface area is 106 Å². The molecule has 0 aromatic heterocycles. The molecule has 1 aromatic rings. The van der Waals surface area contributed by atoms with E-state index in [1.165, 1.54) is 32.4 Å². The van der Waals surface area contributed by atoms with Crippen molar-refractivity contribution in [3.05, 3.63) is 40.5 Å². The largest absolute Gasteiger partial charge is 0.500 e. The Kier molecular flexibility index (Phi) is 4.96. The molecule has 6 heteroatoms. The Hall–Kier alpha value is -1.56. The van der Waals surface area contributed by atoms with Gasteiger partial charge in [-0.15, -0.1) is 0 Å². The second-order valence-electron chi connectivity index (χ2n) is 2.89. The van der Waals surface area contributed by atoms with Gasteiger partial charge in [-0.25, -0.2) is 9.18 Å². The first-order chi connectivity index (χ1) is 8.08. The van der Waals surface area contributed by atoms with E-state index in [4.69, 9.17) is 4.74 Å². The highest BCUT2D eigenvalue weighted by Gasteiger charge is 2.15. The van der Waals surface area contributed by atoms with E-state index in [0.717, 1.165) is 6.26 Å². The highest BCUT2D eigenvalue weighted by molar-refractivity contribution is 9.10. The number of benzene rings is 1. The Balaban J connectivity index is 2.97. The van der Waals surface area contributed by atoms with Gasteiger partial charge in [0.25, 0.3) is 0 Å². The van der Waals surface area contributed by atoms with Gasteiger partial charge in [0, 0.05) is 4.47 Å². The number of carbonyl (C=O) groups is 1. The molecule has 0 N–H and O–H groups in total. The smallest absolute Gasteiger partial charge is 0.377 e. The van der Waals surface area contributed by atoms with Crippen LogP contribution < -0.4 is 4.74 Å². The number of ether oxygens (including phenoxy) is 3. The predicted molar refractivity (Wildman–Crippen MR) is 61.8 cm³/mol. The number of esters is 1. The topological polar surface area (TPSA) is 44.8 Å². The van der Waals surface area contributed by atoms with Gasteiger partial charge in [-0.05, 0) is 18.2 Å². The number of methoxy groups -OCH3 is 2. The zero-order valence-corrected chi connectivity index (χ0v) is 10.8. The summed E-state index contributed by atoms with van der Waals surface area (Å²) in [6.45, 7) is 0. The first kappa shape index (κ1) is 13.5. The van der Waals surface area contributed by atoms with Gasteiger partial charge in [0.15, 0.2) is 11.6 Å². The van der Waals surface area contributed by atoms with Gasteiger partial charge in [-0.2, -0.15) is 0 Å². The fourth-order valence-corrected chi connectivity index (χ4v) is 1.34. The maximum absolute atomic E-state index is 13.4. The van der Waals surface area contributed by atoms with Crippen molar-refractivity contribution in [2.24, 2.45) is 0 Å². The van der Waals surface area contributed by atoms with Crippen molar-refractivity contribution in [2.75, 3.05) is 14.2 Å². The molecule has 1 rings (SSSR count). The summed E-state index contributed by atoms with van der Waals surface area (Å²) in [7, 11) is 2.52. The molecule has 0 amide bonds. The fourth-order valence-electron chi connectivity index (χ4n) is 0.995. The van der Waals surface area contributed by atoms with Crippen LogP contribution >= 0.6 is 15.9 Å². The lowest BCUT2D eigenvalue weighted by Crippen LogP contribution is -2.11. The molecule has 17 heavy (non-hydrogen) atoms. The number of hydrogen-bond donors (Lipinski definition) is 0. The van der Waals surface area contributed by atoms with Crippen LogP contribution in [-0.2, 0) is 14.3 Å². The molecule has 92 valence electrons. The molecule has 0 fully saturated rings. The molecular formula is C11H10BrFO4. The Morgan fingerprint density at radius 2 is 2.12 bits per heavy atom. The van der Waals surface area contributed by atoms with Crippen molar-refractivity contribution < 1.29 is 23.4 Å². The first-order valence-electron chi connectivity index (χ1n) is 4.52. The van der Waals surface area contributed by atoms with E-state index in [-0.39, 0.29) is 11.5 Å². The molecule has 0 aliphatic carbocycles. The lowest BCUT2D eigenvalue weighted by atomic mass is 10.3. The van der Waals surface area contributed by atoms with Gasteiger partial charge < -0.3 is 14.2 Å². The van der Waals surface area contributed by atoms with Crippen molar-refractivity contribution in [3.63, 3.8) is 0 Å². The van der Waals surface area contributed by atoms with E-state index in [1.807, 2.05) is 0 Å². The highest BCUT2D eigenvalue weighted by atomic mass is 79.9. The first-order valence-corrected chi connectivity index (χ1v) is 5.32. The summed E-state index contributed by atoms with van der Waals surface area (Å²) >= 11 is 3.17. The van der Waals surface area contributed by atoms with Crippen LogP contribution in [0.5, 0.6) is 5.75 Å².